The number of halogens is 1. The van der Waals surface area contributed by atoms with Crippen molar-refractivity contribution in [2.24, 2.45) is 0 Å². The summed E-state index contributed by atoms with van der Waals surface area (Å²) in [7, 11) is 1.56. The maximum atomic E-state index is 13.0. The van der Waals surface area contributed by atoms with Crippen LogP contribution in [0, 0.1) is 5.82 Å². The summed E-state index contributed by atoms with van der Waals surface area (Å²) >= 11 is 0. The molecule has 0 bridgehead atoms. The van der Waals surface area contributed by atoms with E-state index in [1.807, 2.05) is 6.07 Å². The lowest BCUT2D eigenvalue weighted by atomic mass is 9.96. The Balaban J connectivity index is 1.68. The number of hydrogen-bond acceptors (Lipinski definition) is 5. The van der Waals surface area contributed by atoms with Gasteiger partial charge in [-0.25, -0.2) is 4.39 Å². The lowest BCUT2D eigenvalue weighted by Crippen LogP contribution is -2.38. The van der Waals surface area contributed by atoms with Crippen molar-refractivity contribution in [3.05, 3.63) is 71.7 Å². The molecule has 3 rings (SSSR count). The molecule has 0 radical (unpaired) electrons. The Morgan fingerprint density at radius 1 is 1.26 bits per heavy atom. The van der Waals surface area contributed by atoms with Gasteiger partial charge in [0, 0.05) is 11.6 Å². The van der Waals surface area contributed by atoms with Crippen molar-refractivity contribution in [3.63, 3.8) is 0 Å². The van der Waals surface area contributed by atoms with Crippen LogP contribution in [0.25, 0.3) is 11.3 Å². The topological polar surface area (TPSA) is 84.6 Å². The highest BCUT2D eigenvalue weighted by Gasteiger charge is 2.25. The number of carbonyl (C=O) groups excluding carboxylic acids is 1. The molecule has 140 valence electrons. The van der Waals surface area contributed by atoms with Crippen LogP contribution in [0.15, 0.2) is 59.1 Å². The predicted molar refractivity (Wildman–Crippen MR) is 96.8 cm³/mol. The smallest absolute Gasteiger partial charge is 0.273 e. The zero-order valence-corrected chi connectivity index (χ0v) is 14.9. The summed E-state index contributed by atoms with van der Waals surface area (Å²) in [6.45, 7) is 1.46. The first-order valence-corrected chi connectivity index (χ1v) is 8.27. The quantitative estimate of drug-likeness (QED) is 0.696. The second-order valence-corrected chi connectivity index (χ2v) is 6.27. The molecule has 6 nitrogen and oxygen atoms in total. The summed E-state index contributed by atoms with van der Waals surface area (Å²) in [5, 5.41) is 16.9. The van der Waals surface area contributed by atoms with Crippen LogP contribution in [-0.2, 0) is 5.60 Å². The highest BCUT2D eigenvalue weighted by atomic mass is 19.1. The fourth-order valence-corrected chi connectivity index (χ4v) is 2.55. The highest BCUT2D eigenvalue weighted by molar-refractivity contribution is 5.93. The maximum absolute atomic E-state index is 13.0. The van der Waals surface area contributed by atoms with Crippen molar-refractivity contribution in [1.29, 1.82) is 0 Å². The molecule has 1 heterocycles. The van der Waals surface area contributed by atoms with Crippen LogP contribution >= 0.6 is 0 Å². The van der Waals surface area contributed by atoms with Gasteiger partial charge < -0.3 is 19.7 Å². The van der Waals surface area contributed by atoms with Crippen LogP contribution < -0.4 is 10.1 Å². The van der Waals surface area contributed by atoms with E-state index in [0.29, 0.717) is 17.1 Å². The fraction of sp³-hybridized carbons (Fsp3) is 0.200. The lowest BCUT2D eigenvalue weighted by molar-refractivity contribution is 0.0523. The number of ether oxygens (including phenoxy) is 1. The van der Waals surface area contributed by atoms with E-state index in [2.05, 4.69) is 10.5 Å². The van der Waals surface area contributed by atoms with E-state index >= 15 is 0 Å². The van der Waals surface area contributed by atoms with E-state index in [4.69, 9.17) is 9.26 Å². The minimum absolute atomic E-state index is 0.0706. The largest absolute Gasteiger partial charge is 0.497 e. The van der Waals surface area contributed by atoms with Crippen LogP contribution in [0.1, 0.15) is 23.0 Å². The molecule has 0 aliphatic rings. The van der Waals surface area contributed by atoms with E-state index in [0.717, 1.165) is 5.56 Å². The molecule has 27 heavy (non-hydrogen) atoms. The minimum Gasteiger partial charge on any atom is -0.497 e. The average molecular weight is 370 g/mol. The number of methoxy groups -OCH3 is 1. The summed E-state index contributed by atoms with van der Waals surface area (Å²) in [6.07, 6.45) is 0. The molecule has 0 spiro atoms. The lowest BCUT2D eigenvalue weighted by Gasteiger charge is -2.24. The Morgan fingerprint density at radius 2 is 2.00 bits per heavy atom. The second-order valence-electron chi connectivity index (χ2n) is 6.27. The molecule has 0 fully saturated rings. The number of nitrogens with zero attached hydrogens (tertiary/aromatic N) is 1. The van der Waals surface area contributed by atoms with Gasteiger partial charge in [-0.05, 0) is 36.8 Å². The van der Waals surface area contributed by atoms with Gasteiger partial charge in [-0.3, -0.25) is 4.79 Å². The van der Waals surface area contributed by atoms with E-state index in [1.165, 1.54) is 37.3 Å². The van der Waals surface area contributed by atoms with E-state index in [-0.39, 0.29) is 12.2 Å². The van der Waals surface area contributed by atoms with Gasteiger partial charge in [-0.15, -0.1) is 0 Å². The Kier molecular flexibility index (Phi) is 5.23. The molecule has 3 aromatic rings. The van der Waals surface area contributed by atoms with Crippen molar-refractivity contribution in [3.8, 4) is 17.1 Å². The SMILES string of the molecule is COc1cccc(-c2cc(C(=O)NCC(C)(O)c3ccc(F)cc3)no2)c1. The number of rotatable bonds is 6. The molecule has 2 aromatic carbocycles. The molecule has 0 saturated carbocycles. The van der Waals surface area contributed by atoms with Crippen molar-refractivity contribution in [2.75, 3.05) is 13.7 Å². The van der Waals surface area contributed by atoms with Crippen LogP contribution in [0.5, 0.6) is 5.75 Å². The second kappa shape index (κ2) is 7.59. The molecule has 1 amide bonds. The highest BCUT2D eigenvalue weighted by Crippen LogP contribution is 2.25. The van der Waals surface area contributed by atoms with Gasteiger partial charge in [0.15, 0.2) is 11.5 Å². The van der Waals surface area contributed by atoms with Gasteiger partial charge in [0.1, 0.15) is 17.2 Å². The first kappa shape index (κ1) is 18.6. The molecule has 7 heteroatoms. The number of hydrogen-bond donors (Lipinski definition) is 2. The number of aliphatic hydroxyl groups is 1. The van der Waals surface area contributed by atoms with E-state index < -0.39 is 17.3 Å². The third-order valence-corrected chi connectivity index (χ3v) is 4.16. The van der Waals surface area contributed by atoms with Crippen LogP contribution in [0.2, 0.25) is 0 Å². The van der Waals surface area contributed by atoms with Gasteiger partial charge in [0.25, 0.3) is 5.91 Å². The van der Waals surface area contributed by atoms with Crippen molar-refractivity contribution >= 4 is 5.91 Å². The molecular weight excluding hydrogens is 351 g/mol. The first-order valence-electron chi connectivity index (χ1n) is 8.27. The van der Waals surface area contributed by atoms with E-state index in [1.54, 1.807) is 25.3 Å². The average Bonchev–Trinajstić information content (AvgIpc) is 3.17. The van der Waals surface area contributed by atoms with Gasteiger partial charge in [-0.2, -0.15) is 0 Å². The Morgan fingerprint density at radius 3 is 2.70 bits per heavy atom. The normalized spacial score (nSPS) is 13.0. The summed E-state index contributed by atoms with van der Waals surface area (Å²) < 4.78 is 23.4. The van der Waals surface area contributed by atoms with Gasteiger partial charge in [0.05, 0.1) is 13.7 Å². The molecule has 1 atom stereocenters. The Hall–Kier alpha value is -3.19. The molecule has 1 unspecified atom stereocenters. The van der Waals surface area contributed by atoms with Crippen molar-refractivity contribution in [2.45, 2.75) is 12.5 Å². The zero-order chi connectivity index (χ0) is 19.4. The molecule has 0 aliphatic carbocycles. The third kappa shape index (κ3) is 4.32. The number of aromatic nitrogens is 1. The number of nitrogens with one attached hydrogen (secondary N) is 1. The van der Waals surface area contributed by atoms with Crippen LogP contribution in [0.4, 0.5) is 4.39 Å². The van der Waals surface area contributed by atoms with Crippen LogP contribution in [-0.4, -0.2) is 29.8 Å². The predicted octanol–water partition coefficient (Wildman–Crippen LogP) is 3.13. The summed E-state index contributed by atoms with van der Waals surface area (Å²) in [6, 6.07) is 14.1. The van der Waals surface area contributed by atoms with Gasteiger partial charge >= 0.3 is 0 Å². The first-order chi connectivity index (χ1) is 12.9. The summed E-state index contributed by atoms with van der Waals surface area (Å²) in [4.78, 5) is 12.3. The maximum Gasteiger partial charge on any atom is 0.273 e. The molecular formula is C20H19FN2O4. The standard InChI is InChI=1S/C20H19FN2O4/c1-20(25,14-6-8-15(21)9-7-14)12-22-19(24)17-11-18(27-23-17)13-4-3-5-16(10-13)26-2/h3-11,25H,12H2,1-2H3,(H,22,24). The van der Waals surface area contributed by atoms with Crippen LogP contribution in [0.3, 0.4) is 0 Å². The summed E-state index contributed by atoms with van der Waals surface area (Å²) in [5.41, 5.74) is -0.0636. The molecule has 0 aliphatic heterocycles. The van der Waals surface area contributed by atoms with Crippen molar-refractivity contribution in [1.82, 2.24) is 10.5 Å². The van der Waals surface area contributed by atoms with E-state index in [9.17, 15) is 14.3 Å². The third-order valence-electron chi connectivity index (χ3n) is 4.16. The number of benzene rings is 2. The monoisotopic (exact) mass is 370 g/mol. The number of amides is 1. The summed E-state index contributed by atoms with van der Waals surface area (Å²) in [5.74, 6) is 0.191. The van der Waals surface area contributed by atoms with Crippen molar-refractivity contribution < 1.29 is 23.6 Å². The molecule has 2 N–H and O–H groups in total. The van der Waals surface area contributed by atoms with Gasteiger partial charge in [0.2, 0.25) is 0 Å². The zero-order valence-electron chi connectivity index (χ0n) is 14.9. The fourth-order valence-electron chi connectivity index (χ4n) is 2.55. The Bertz CT molecular complexity index is 935. The molecule has 0 saturated heterocycles. The minimum atomic E-state index is -1.36. The van der Waals surface area contributed by atoms with Gasteiger partial charge in [-0.1, -0.05) is 29.4 Å². The molecule has 1 aromatic heterocycles. The number of carbonyl (C=O) groups is 1. The Labute approximate surface area is 155 Å².